The molecule has 0 aliphatic heterocycles. The maximum absolute atomic E-state index is 12.5. The molecule has 0 saturated carbocycles. The van der Waals surface area contributed by atoms with Gasteiger partial charge in [-0.2, -0.15) is 0 Å². The molecular weight excluding hydrogens is 324 g/mol. The molecule has 3 rings (SSSR count). The highest BCUT2D eigenvalue weighted by atomic mass is 35.5. The van der Waals surface area contributed by atoms with E-state index in [1.54, 1.807) is 22.9 Å². The number of nitrogens with zero attached hydrogens (tertiary/aromatic N) is 3. The van der Waals surface area contributed by atoms with E-state index < -0.39 is 0 Å². The maximum Gasteiger partial charge on any atom is 0.278 e. The van der Waals surface area contributed by atoms with Crippen molar-refractivity contribution in [3.8, 4) is 5.69 Å². The fourth-order valence-electron chi connectivity index (χ4n) is 2.39. The summed E-state index contributed by atoms with van der Waals surface area (Å²) in [5.74, 6) is -0.309. The molecule has 0 bridgehead atoms. The van der Waals surface area contributed by atoms with E-state index in [0.29, 0.717) is 16.4 Å². The summed E-state index contributed by atoms with van der Waals surface area (Å²) < 4.78 is 1.65. The van der Waals surface area contributed by atoms with Gasteiger partial charge in [-0.25, -0.2) is 4.68 Å². The molecule has 1 N–H and O–H groups in total. The monoisotopic (exact) mass is 340 g/mol. The van der Waals surface area contributed by atoms with Gasteiger partial charge in [0.15, 0.2) is 5.69 Å². The van der Waals surface area contributed by atoms with E-state index in [9.17, 15) is 4.79 Å². The fourth-order valence-corrected chi connectivity index (χ4v) is 2.57. The molecule has 122 valence electrons. The molecule has 0 fully saturated rings. The van der Waals surface area contributed by atoms with Crippen molar-refractivity contribution < 1.29 is 4.79 Å². The molecule has 24 heavy (non-hydrogen) atoms. The zero-order valence-corrected chi connectivity index (χ0v) is 14.4. The molecule has 0 saturated heterocycles. The van der Waals surface area contributed by atoms with Crippen LogP contribution >= 0.6 is 11.6 Å². The zero-order chi connectivity index (χ0) is 17.3. The Morgan fingerprint density at radius 3 is 2.50 bits per heavy atom. The third-order valence-corrected chi connectivity index (χ3v) is 4.31. The summed E-state index contributed by atoms with van der Waals surface area (Å²) in [5, 5.41) is 11.6. The third kappa shape index (κ3) is 3.03. The summed E-state index contributed by atoms with van der Waals surface area (Å²) in [4.78, 5) is 12.5. The highest BCUT2D eigenvalue weighted by Gasteiger charge is 2.18. The van der Waals surface area contributed by atoms with Crippen LogP contribution < -0.4 is 5.32 Å². The molecule has 2 aromatic carbocycles. The van der Waals surface area contributed by atoms with Crippen LogP contribution in [0.5, 0.6) is 0 Å². The Kier molecular flexibility index (Phi) is 4.36. The molecule has 0 aliphatic rings. The Balaban J connectivity index is 1.89. The second-order valence-corrected chi connectivity index (χ2v) is 6.04. The minimum atomic E-state index is -0.309. The van der Waals surface area contributed by atoms with Crippen LogP contribution in [0, 0.1) is 20.8 Å². The van der Waals surface area contributed by atoms with Crippen LogP contribution in [-0.2, 0) is 0 Å². The second kappa shape index (κ2) is 6.45. The molecule has 1 amide bonds. The summed E-state index contributed by atoms with van der Waals surface area (Å²) in [7, 11) is 0. The zero-order valence-electron chi connectivity index (χ0n) is 13.7. The summed E-state index contributed by atoms with van der Waals surface area (Å²) in [6.45, 7) is 5.69. The number of anilines is 1. The number of carbonyl (C=O) groups excluding carboxylic acids is 1. The number of halogens is 1. The van der Waals surface area contributed by atoms with Gasteiger partial charge in [-0.05, 0) is 50.6 Å². The van der Waals surface area contributed by atoms with Crippen molar-refractivity contribution in [3.63, 3.8) is 0 Å². The highest BCUT2D eigenvalue weighted by Crippen LogP contribution is 2.23. The molecule has 1 aromatic heterocycles. The Morgan fingerprint density at radius 2 is 1.79 bits per heavy atom. The molecule has 0 radical (unpaired) electrons. The average molecular weight is 341 g/mol. The van der Waals surface area contributed by atoms with Gasteiger partial charge in [0.05, 0.1) is 11.4 Å². The molecule has 0 atom stereocenters. The molecule has 0 spiro atoms. The summed E-state index contributed by atoms with van der Waals surface area (Å²) in [5.41, 5.74) is 4.47. The van der Waals surface area contributed by atoms with Crippen LogP contribution in [0.4, 0.5) is 5.69 Å². The average Bonchev–Trinajstić information content (AvgIpc) is 2.94. The van der Waals surface area contributed by atoms with E-state index in [-0.39, 0.29) is 11.6 Å². The van der Waals surface area contributed by atoms with Gasteiger partial charge >= 0.3 is 0 Å². The van der Waals surface area contributed by atoms with Gasteiger partial charge in [-0.3, -0.25) is 4.79 Å². The van der Waals surface area contributed by atoms with Gasteiger partial charge in [0.1, 0.15) is 0 Å². The number of aromatic nitrogens is 3. The first-order valence-electron chi connectivity index (χ1n) is 7.53. The number of hydrogen-bond acceptors (Lipinski definition) is 3. The van der Waals surface area contributed by atoms with Crippen molar-refractivity contribution in [3.05, 3.63) is 70.0 Å². The Labute approximate surface area is 145 Å². The van der Waals surface area contributed by atoms with E-state index in [1.165, 1.54) is 0 Å². The lowest BCUT2D eigenvalue weighted by Crippen LogP contribution is -2.15. The molecule has 1 heterocycles. The van der Waals surface area contributed by atoms with Crippen molar-refractivity contribution in [2.75, 3.05) is 5.32 Å². The van der Waals surface area contributed by atoms with Crippen LogP contribution in [0.15, 0.2) is 42.5 Å². The minimum Gasteiger partial charge on any atom is -0.320 e. The van der Waals surface area contributed by atoms with Crippen molar-refractivity contribution >= 4 is 23.2 Å². The standard InChI is InChI=1S/C18H17ClN4O/c1-11-7-9-14(10-8-11)23-13(3)17(21-22-23)18(24)20-16-6-4-5-15(19)12(16)2/h4-10H,1-3H3,(H,20,24). The van der Waals surface area contributed by atoms with Crippen molar-refractivity contribution in [1.82, 2.24) is 15.0 Å². The number of benzene rings is 2. The molecule has 3 aromatic rings. The van der Waals surface area contributed by atoms with Crippen LogP contribution in [0.1, 0.15) is 27.3 Å². The normalized spacial score (nSPS) is 10.7. The third-order valence-electron chi connectivity index (χ3n) is 3.90. The van der Waals surface area contributed by atoms with E-state index >= 15 is 0 Å². The number of nitrogens with one attached hydrogen (secondary N) is 1. The molecule has 0 aliphatic carbocycles. The first-order valence-corrected chi connectivity index (χ1v) is 7.91. The predicted molar refractivity (Wildman–Crippen MR) is 95.0 cm³/mol. The van der Waals surface area contributed by atoms with Crippen molar-refractivity contribution in [2.24, 2.45) is 0 Å². The molecular formula is C18H17ClN4O. The number of carbonyl (C=O) groups is 1. The second-order valence-electron chi connectivity index (χ2n) is 5.64. The smallest absolute Gasteiger partial charge is 0.278 e. The molecule has 5 nitrogen and oxygen atoms in total. The highest BCUT2D eigenvalue weighted by molar-refractivity contribution is 6.31. The molecule has 0 unspecified atom stereocenters. The number of aryl methyl sites for hydroxylation is 1. The van der Waals surface area contributed by atoms with Gasteiger partial charge in [-0.15, -0.1) is 5.10 Å². The first kappa shape index (κ1) is 16.2. The van der Waals surface area contributed by atoms with Gasteiger partial charge in [0, 0.05) is 10.7 Å². The number of amides is 1. The van der Waals surface area contributed by atoms with Crippen molar-refractivity contribution in [1.29, 1.82) is 0 Å². The fraction of sp³-hybridized carbons (Fsp3) is 0.167. The predicted octanol–water partition coefficient (Wildman–Crippen LogP) is 4.10. The van der Waals surface area contributed by atoms with Gasteiger partial charge in [0.25, 0.3) is 5.91 Å². The van der Waals surface area contributed by atoms with Crippen LogP contribution in [0.2, 0.25) is 5.02 Å². The first-order chi connectivity index (χ1) is 11.5. The molecule has 6 heteroatoms. The summed E-state index contributed by atoms with van der Waals surface area (Å²) >= 11 is 6.09. The topological polar surface area (TPSA) is 59.8 Å². The van der Waals surface area contributed by atoms with Gasteiger partial charge in [-0.1, -0.05) is 40.6 Å². The summed E-state index contributed by atoms with van der Waals surface area (Å²) in [6.07, 6.45) is 0. The Hall–Kier alpha value is -2.66. The van der Waals surface area contributed by atoms with Gasteiger partial charge in [0.2, 0.25) is 0 Å². The largest absolute Gasteiger partial charge is 0.320 e. The van der Waals surface area contributed by atoms with Crippen LogP contribution in [0.3, 0.4) is 0 Å². The maximum atomic E-state index is 12.5. The van der Waals surface area contributed by atoms with E-state index in [1.807, 2.05) is 45.0 Å². The van der Waals surface area contributed by atoms with Crippen LogP contribution in [-0.4, -0.2) is 20.9 Å². The number of rotatable bonds is 3. The quantitative estimate of drug-likeness (QED) is 0.781. The van der Waals surface area contributed by atoms with E-state index in [0.717, 1.165) is 16.8 Å². The lowest BCUT2D eigenvalue weighted by atomic mass is 10.2. The summed E-state index contributed by atoms with van der Waals surface area (Å²) in [6, 6.07) is 13.3. The van der Waals surface area contributed by atoms with Crippen molar-refractivity contribution in [2.45, 2.75) is 20.8 Å². The minimum absolute atomic E-state index is 0.287. The lowest BCUT2D eigenvalue weighted by molar-refractivity contribution is 0.102. The Bertz CT molecular complexity index is 900. The van der Waals surface area contributed by atoms with E-state index in [4.69, 9.17) is 11.6 Å². The van der Waals surface area contributed by atoms with E-state index in [2.05, 4.69) is 15.6 Å². The lowest BCUT2D eigenvalue weighted by Gasteiger charge is -2.09. The number of hydrogen-bond donors (Lipinski definition) is 1. The Morgan fingerprint density at radius 1 is 1.08 bits per heavy atom. The van der Waals surface area contributed by atoms with Gasteiger partial charge < -0.3 is 5.32 Å². The van der Waals surface area contributed by atoms with Crippen LogP contribution in [0.25, 0.3) is 5.69 Å². The SMILES string of the molecule is Cc1ccc(-n2nnc(C(=O)Nc3cccc(Cl)c3C)c2C)cc1.